The first-order valence-electron chi connectivity index (χ1n) is 15.7. The number of ether oxygens (including phenoxy) is 1. The molecule has 0 spiro atoms. The summed E-state index contributed by atoms with van der Waals surface area (Å²) in [4.78, 5) is 50.8. The number of hydrogen-bond donors (Lipinski definition) is 6. The summed E-state index contributed by atoms with van der Waals surface area (Å²) >= 11 is 1.40. The molecule has 246 valence electrons. The van der Waals surface area contributed by atoms with Crippen LogP contribution in [0.25, 0.3) is 10.9 Å². The van der Waals surface area contributed by atoms with E-state index in [-0.39, 0.29) is 39.8 Å². The van der Waals surface area contributed by atoms with Crippen molar-refractivity contribution < 1.29 is 19.4 Å². The number of pyridine rings is 2. The third-order valence-electron chi connectivity index (χ3n) is 8.30. The Morgan fingerprint density at radius 3 is 2.40 bits per heavy atom. The highest BCUT2D eigenvalue weighted by atomic mass is 32.1. The van der Waals surface area contributed by atoms with E-state index in [9.17, 15) is 19.5 Å². The Hall–Kier alpha value is -5.44. The monoisotopic (exact) mass is 666 g/mol. The molecule has 7 rings (SSSR count). The van der Waals surface area contributed by atoms with Gasteiger partial charge in [-0.1, -0.05) is 12.1 Å². The number of para-hydroxylation sites is 1. The Morgan fingerprint density at radius 1 is 0.875 bits per heavy atom. The van der Waals surface area contributed by atoms with Crippen LogP contribution in [0.5, 0.6) is 17.2 Å². The highest BCUT2D eigenvalue weighted by Gasteiger charge is 2.20. The van der Waals surface area contributed by atoms with E-state index in [2.05, 4.69) is 42.2 Å². The molecule has 0 unspecified atom stereocenters. The minimum absolute atomic E-state index is 0.0410. The summed E-state index contributed by atoms with van der Waals surface area (Å²) in [5.74, 6) is -0.722. The number of fused-ring (bicyclic) bond motifs is 1. The van der Waals surface area contributed by atoms with E-state index in [4.69, 9.17) is 4.74 Å². The third-order valence-corrected chi connectivity index (χ3v) is 9.20. The number of amides is 2. The predicted octanol–water partition coefficient (Wildman–Crippen LogP) is 3.81. The van der Waals surface area contributed by atoms with Crippen LogP contribution in [0.1, 0.15) is 20.7 Å². The number of hydrogen-bond acceptors (Lipinski definition) is 11. The summed E-state index contributed by atoms with van der Waals surface area (Å²) in [6, 6.07) is 14.8. The molecule has 2 fully saturated rings. The number of aromatic nitrogens is 2. The van der Waals surface area contributed by atoms with Crippen molar-refractivity contribution in [3.8, 4) is 17.2 Å². The first-order chi connectivity index (χ1) is 23.4. The SMILES string of the molecule is O=C(Nc1c[nH]c(=O)c(N2CCNCC2)c1)c1cc(Oc2ccccc2C(=O)Nc2scc3cc(N4CCNCC4)cnc23)ccc1O. The number of anilines is 4. The molecule has 0 bridgehead atoms. The van der Waals surface area contributed by atoms with Crippen molar-refractivity contribution >= 4 is 56.1 Å². The summed E-state index contributed by atoms with van der Waals surface area (Å²) in [7, 11) is 0. The Balaban J connectivity index is 1.06. The van der Waals surface area contributed by atoms with Gasteiger partial charge in [-0.2, -0.15) is 0 Å². The maximum absolute atomic E-state index is 13.5. The molecule has 5 heterocycles. The van der Waals surface area contributed by atoms with Gasteiger partial charge in [0.15, 0.2) is 0 Å². The molecule has 2 aliphatic rings. The lowest BCUT2D eigenvalue weighted by atomic mass is 10.1. The molecule has 0 atom stereocenters. The normalized spacial score (nSPS) is 14.9. The van der Waals surface area contributed by atoms with E-state index in [0.29, 0.717) is 35.0 Å². The average molecular weight is 667 g/mol. The van der Waals surface area contributed by atoms with Crippen LogP contribution >= 0.6 is 11.3 Å². The number of H-pyrrole nitrogens is 1. The van der Waals surface area contributed by atoms with Gasteiger partial charge in [0.2, 0.25) is 0 Å². The Kier molecular flexibility index (Phi) is 8.92. The van der Waals surface area contributed by atoms with E-state index >= 15 is 0 Å². The summed E-state index contributed by atoms with van der Waals surface area (Å²) in [5.41, 5.74) is 2.58. The first kappa shape index (κ1) is 31.2. The summed E-state index contributed by atoms with van der Waals surface area (Å²) < 4.78 is 6.10. The van der Waals surface area contributed by atoms with Crippen LogP contribution in [0, 0.1) is 0 Å². The van der Waals surface area contributed by atoms with E-state index in [0.717, 1.165) is 50.3 Å². The first-order valence-corrected chi connectivity index (χ1v) is 16.5. The van der Waals surface area contributed by atoms with Gasteiger partial charge in [0.1, 0.15) is 33.5 Å². The molecule has 48 heavy (non-hydrogen) atoms. The van der Waals surface area contributed by atoms with Gasteiger partial charge >= 0.3 is 0 Å². The second-order valence-corrected chi connectivity index (χ2v) is 12.3. The highest BCUT2D eigenvalue weighted by molar-refractivity contribution is 7.16. The molecular formula is C34H34N8O5S. The van der Waals surface area contributed by atoms with Gasteiger partial charge in [-0.3, -0.25) is 19.4 Å². The van der Waals surface area contributed by atoms with Crippen LogP contribution in [0.2, 0.25) is 0 Å². The molecule has 3 aromatic heterocycles. The molecule has 2 saturated heterocycles. The lowest BCUT2D eigenvalue weighted by Gasteiger charge is -2.29. The Labute approximate surface area is 279 Å². The topological polar surface area (TPSA) is 164 Å². The van der Waals surface area contributed by atoms with Crippen molar-refractivity contribution in [1.29, 1.82) is 0 Å². The number of rotatable bonds is 8. The minimum Gasteiger partial charge on any atom is -0.507 e. The third kappa shape index (κ3) is 6.67. The number of benzene rings is 2. The second-order valence-electron chi connectivity index (χ2n) is 11.5. The lowest BCUT2D eigenvalue weighted by Crippen LogP contribution is -2.45. The summed E-state index contributed by atoms with van der Waals surface area (Å²) in [6.07, 6.45) is 3.25. The number of thiophene rings is 1. The van der Waals surface area contributed by atoms with Gasteiger partial charge in [0.25, 0.3) is 17.4 Å². The van der Waals surface area contributed by atoms with Crippen molar-refractivity contribution in [3.63, 3.8) is 0 Å². The van der Waals surface area contributed by atoms with Gasteiger partial charge in [-0.05, 0) is 42.5 Å². The van der Waals surface area contributed by atoms with Crippen molar-refractivity contribution in [2.45, 2.75) is 0 Å². The van der Waals surface area contributed by atoms with Crippen molar-refractivity contribution in [2.24, 2.45) is 0 Å². The maximum atomic E-state index is 13.5. The van der Waals surface area contributed by atoms with Crippen LogP contribution in [0.3, 0.4) is 0 Å². The average Bonchev–Trinajstić information content (AvgIpc) is 3.52. The van der Waals surface area contributed by atoms with Gasteiger partial charge in [-0.25, -0.2) is 0 Å². The molecule has 14 heteroatoms. The van der Waals surface area contributed by atoms with Gasteiger partial charge in [-0.15, -0.1) is 11.3 Å². The number of phenolic OH excluding ortho intramolecular Hbond substituents is 1. The molecule has 5 aromatic rings. The van der Waals surface area contributed by atoms with E-state index in [1.807, 2.05) is 16.5 Å². The van der Waals surface area contributed by atoms with Crippen molar-refractivity contribution in [1.82, 2.24) is 20.6 Å². The van der Waals surface area contributed by atoms with Gasteiger partial charge in [0.05, 0.1) is 28.7 Å². The lowest BCUT2D eigenvalue weighted by molar-refractivity contribution is 0.101. The molecule has 2 amide bonds. The zero-order chi connectivity index (χ0) is 33.0. The quantitative estimate of drug-likeness (QED) is 0.144. The molecule has 6 N–H and O–H groups in total. The van der Waals surface area contributed by atoms with Crippen LogP contribution < -0.4 is 41.4 Å². The van der Waals surface area contributed by atoms with Crippen molar-refractivity contribution in [2.75, 3.05) is 72.8 Å². The fraction of sp³-hybridized carbons (Fsp3) is 0.235. The molecule has 0 aliphatic carbocycles. The predicted molar refractivity (Wildman–Crippen MR) is 187 cm³/mol. The molecule has 0 saturated carbocycles. The minimum atomic E-state index is -0.598. The van der Waals surface area contributed by atoms with E-state index in [1.165, 1.54) is 35.7 Å². The van der Waals surface area contributed by atoms with Crippen LogP contribution in [0.4, 0.5) is 22.1 Å². The molecule has 0 radical (unpaired) electrons. The van der Waals surface area contributed by atoms with Crippen LogP contribution in [-0.4, -0.2) is 79.2 Å². The number of carbonyl (C=O) groups excluding carboxylic acids is 2. The molecule has 2 aromatic carbocycles. The number of nitrogens with one attached hydrogen (secondary N) is 5. The standard InChI is InChI=1S/C34H34N8O5S/c43-28-6-5-24(17-26(28)32(45)39-22-16-27(33(46)38-18-22)42-13-9-36-10-14-42)47-29-4-2-1-3-25(29)31(44)40-34-30-21(20-48-34)15-23(19-37-30)41-11-7-35-8-12-41/h1-6,15-20,35-36,43H,7-14H2,(H,38,46)(H,39,45)(H,40,44). The Bertz CT molecular complexity index is 2030. The second kappa shape index (κ2) is 13.7. The van der Waals surface area contributed by atoms with Crippen LogP contribution in [-0.2, 0) is 0 Å². The number of nitrogens with zero attached hydrogens (tertiary/aromatic N) is 3. The van der Waals surface area contributed by atoms with E-state index in [1.54, 1.807) is 30.3 Å². The van der Waals surface area contributed by atoms with Gasteiger partial charge in [0, 0.05) is 69.3 Å². The smallest absolute Gasteiger partial charge is 0.271 e. The number of phenols is 1. The summed E-state index contributed by atoms with van der Waals surface area (Å²) in [6.45, 7) is 6.52. The zero-order valence-electron chi connectivity index (χ0n) is 25.9. The number of piperazine rings is 2. The molecular weight excluding hydrogens is 632 g/mol. The highest BCUT2D eigenvalue weighted by Crippen LogP contribution is 2.34. The number of aromatic amines is 1. The largest absolute Gasteiger partial charge is 0.507 e. The summed E-state index contributed by atoms with van der Waals surface area (Å²) in [5, 5.41) is 26.4. The molecule has 13 nitrogen and oxygen atoms in total. The van der Waals surface area contributed by atoms with Crippen molar-refractivity contribution in [3.05, 3.63) is 93.9 Å². The van der Waals surface area contributed by atoms with Gasteiger partial charge < -0.3 is 45.9 Å². The van der Waals surface area contributed by atoms with Crippen LogP contribution in [0.15, 0.2) is 77.2 Å². The van der Waals surface area contributed by atoms with E-state index < -0.39 is 5.91 Å². The number of aromatic hydroxyl groups is 1. The maximum Gasteiger partial charge on any atom is 0.271 e. The fourth-order valence-electron chi connectivity index (χ4n) is 5.80. The zero-order valence-corrected chi connectivity index (χ0v) is 26.7. The number of carbonyl (C=O) groups is 2. The molecule has 2 aliphatic heterocycles. The Morgan fingerprint density at radius 2 is 1.60 bits per heavy atom. The fourth-order valence-corrected chi connectivity index (χ4v) is 6.66.